The van der Waals surface area contributed by atoms with Crippen LogP contribution in [0.4, 0.5) is 0 Å². The highest BCUT2D eigenvalue weighted by atomic mass is 32.2. The van der Waals surface area contributed by atoms with E-state index < -0.39 is 30.0 Å². The molecule has 0 atom stereocenters. The lowest BCUT2D eigenvalue weighted by Gasteiger charge is -2.16. The minimum absolute atomic E-state index is 0.124. The highest BCUT2D eigenvalue weighted by Crippen LogP contribution is 2.40. The Labute approximate surface area is 151 Å². The lowest BCUT2D eigenvalue weighted by atomic mass is 9.98. The second-order valence-corrected chi connectivity index (χ2v) is 8.25. The van der Waals surface area contributed by atoms with Gasteiger partial charge in [0, 0.05) is 11.1 Å². The Morgan fingerprint density at radius 2 is 1.08 bits per heavy atom. The maximum absolute atomic E-state index is 12.2. The molecule has 0 aliphatic carbocycles. The molecule has 3 rings (SSSR count). The Balaban J connectivity index is 2.53. The van der Waals surface area contributed by atoms with Crippen molar-refractivity contribution in [3.05, 3.63) is 72.8 Å². The molecule has 0 heterocycles. The number of benzene rings is 3. The van der Waals surface area contributed by atoms with Gasteiger partial charge in [0.2, 0.25) is 0 Å². The van der Waals surface area contributed by atoms with Crippen molar-refractivity contribution < 1.29 is 25.9 Å². The van der Waals surface area contributed by atoms with Crippen molar-refractivity contribution in [3.8, 4) is 22.3 Å². The quantitative estimate of drug-likeness (QED) is 0.660. The second kappa shape index (κ2) is 6.65. The number of rotatable bonds is 4. The predicted molar refractivity (Wildman–Crippen MR) is 96.9 cm³/mol. The summed E-state index contributed by atoms with van der Waals surface area (Å²) in [5.41, 5.74) is 0.543. The molecule has 0 saturated heterocycles. The third-order valence-corrected chi connectivity index (χ3v) is 5.64. The van der Waals surface area contributed by atoms with Gasteiger partial charge in [-0.2, -0.15) is 16.8 Å². The van der Waals surface area contributed by atoms with E-state index in [1.807, 2.05) is 0 Å². The van der Waals surface area contributed by atoms with Crippen molar-refractivity contribution >= 4 is 20.2 Å². The predicted octanol–water partition coefficient (Wildman–Crippen LogP) is 3.51. The first kappa shape index (κ1) is 18.3. The van der Waals surface area contributed by atoms with Gasteiger partial charge in [-0.25, -0.2) is 0 Å². The molecule has 0 aliphatic heterocycles. The van der Waals surface area contributed by atoms with E-state index >= 15 is 0 Å². The SMILES string of the molecule is O=S(=O)(O)c1ccc(-c2ccccc2)c(S(=O)(=O)O)c1-c1ccccc1. The molecule has 3 aromatic rings. The third-order valence-electron chi connectivity index (χ3n) is 3.80. The average Bonchev–Trinajstić information content (AvgIpc) is 2.60. The highest BCUT2D eigenvalue weighted by Gasteiger charge is 2.29. The van der Waals surface area contributed by atoms with Gasteiger partial charge in [-0.15, -0.1) is 0 Å². The summed E-state index contributed by atoms with van der Waals surface area (Å²) in [5, 5.41) is 0. The molecule has 26 heavy (non-hydrogen) atoms. The van der Waals surface area contributed by atoms with Crippen LogP contribution in [-0.2, 0) is 20.2 Å². The van der Waals surface area contributed by atoms with Crippen LogP contribution in [0.1, 0.15) is 0 Å². The van der Waals surface area contributed by atoms with E-state index in [1.165, 1.54) is 18.2 Å². The van der Waals surface area contributed by atoms with Crippen molar-refractivity contribution in [1.29, 1.82) is 0 Å². The van der Waals surface area contributed by atoms with Gasteiger partial charge in [0.15, 0.2) is 0 Å². The van der Waals surface area contributed by atoms with Crippen LogP contribution in [-0.4, -0.2) is 25.9 Å². The van der Waals surface area contributed by atoms with Crippen molar-refractivity contribution in [2.24, 2.45) is 0 Å². The Bertz CT molecular complexity index is 1150. The molecular formula is C18H14O6S2. The molecule has 134 valence electrons. The van der Waals surface area contributed by atoms with Crippen LogP contribution in [0.3, 0.4) is 0 Å². The van der Waals surface area contributed by atoms with Gasteiger partial charge in [-0.3, -0.25) is 9.11 Å². The van der Waals surface area contributed by atoms with Gasteiger partial charge in [0.25, 0.3) is 20.2 Å². The number of hydrogen-bond donors (Lipinski definition) is 2. The van der Waals surface area contributed by atoms with Gasteiger partial charge in [-0.05, 0) is 17.2 Å². The zero-order chi connectivity index (χ0) is 18.9. The first-order valence-corrected chi connectivity index (χ1v) is 10.3. The monoisotopic (exact) mass is 390 g/mol. The van der Waals surface area contributed by atoms with Crippen molar-refractivity contribution in [2.45, 2.75) is 9.79 Å². The molecule has 6 nitrogen and oxygen atoms in total. The summed E-state index contributed by atoms with van der Waals surface area (Å²) in [4.78, 5) is -1.18. The van der Waals surface area contributed by atoms with Crippen LogP contribution >= 0.6 is 0 Å². The van der Waals surface area contributed by atoms with E-state index in [9.17, 15) is 25.9 Å². The van der Waals surface area contributed by atoms with Gasteiger partial charge in [0.05, 0.1) is 0 Å². The average molecular weight is 390 g/mol. The molecule has 0 spiro atoms. The lowest BCUT2D eigenvalue weighted by Crippen LogP contribution is -2.09. The Morgan fingerprint density at radius 3 is 1.54 bits per heavy atom. The van der Waals surface area contributed by atoms with E-state index in [-0.39, 0.29) is 16.7 Å². The van der Waals surface area contributed by atoms with E-state index in [1.54, 1.807) is 48.5 Å². The normalized spacial score (nSPS) is 12.1. The first-order valence-electron chi connectivity index (χ1n) is 7.42. The molecule has 0 aromatic heterocycles. The molecule has 0 amide bonds. The molecular weight excluding hydrogens is 376 g/mol. The Morgan fingerprint density at radius 1 is 0.577 bits per heavy atom. The topological polar surface area (TPSA) is 109 Å². The fourth-order valence-corrected chi connectivity index (χ4v) is 4.50. The summed E-state index contributed by atoms with van der Waals surface area (Å²) in [6.07, 6.45) is 0. The first-order chi connectivity index (χ1) is 12.2. The minimum Gasteiger partial charge on any atom is -0.282 e. The molecule has 0 fully saturated rings. The smallest absolute Gasteiger partial charge is 0.282 e. The molecule has 0 saturated carbocycles. The molecule has 0 unspecified atom stereocenters. The van der Waals surface area contributed by atoms with Crippen LogP contribution in [0.2, 0.25) is 0 Å². The largest absolute Gasteiger partial charge is 0.295 e. The fourth-order valence-electron chi connectivity index (χ4n) is 2.77. The van der Waals surface area contributed by atoms with Crippen molar-refractivity contribution in [1.82, 2.24) is 0 Å². The molecule has 0 bridgehead atoms. The summed E-state index contributed by atoms with van der Waals surface area (Å²) < 4.78 is 67.5. The summed E-state index contributed by atoms with van der Waals surface area (Å²) in [6, 6.07) is 18.6. The maximum atomic E-state index is 12.2. The fraction of sp³-hybridized carbons (Fsp3) is 0. The van der Waals surface area contributed by atoms with Crippen LogP contribution < -0.4 is 0 Å². The standard InChI is InChI=1S/C18H14O6S2/c19-25(20,21)16-12-11-15(13-7-3-1-4-8-13)18(26(22,23)24)17(16)14-9-5-2-6-10-14/h1-12H,(H,19,20,21)(H,22,23,24). The second-order valence-electron chi connectivity index (χ2n) is 5.50. The lowest BCUT2D eigenvalue weighted by molar-refractivity contribution is 0.482. The summed E-state index contributed by atoms with van der Waals surface area (Å²) in [5.74, 6) is 0. The van der Waals surface area contributed by atoms with Gasteiger partial charge in [0.1, 0.15) is 9.79 Å². The minimum atomic E-state index is -4.82. The van der Waals surface area contributed by atoms with Gasteiger partial charge in [-0.1, -0.05) is 66.7 Å². The van der Waals surface area contributed by atoms with Crippen LogP contribution in [0.25, 0.3) is 22.3 Å². The van der Waals surface area contributed by atoms with Crippen molar-refractivity contribution in [2.75, 3.05) is 0 Å². The van der Waals surface area contributed by atoms with E-state index in [0.29, 0.717) is 5.56 Å². The van der Waals surface area contributed by atoms with Crippen molar-refractivity contribution in [3.63, 3.8) is 0 Å². The third kappa shape index (κ3) is 3.54. The zero-order valence-electron chi connectivity index (χ0n) is 13.3. The molecule has 0 aliphatic rings. The zero-order valence-corrected chi connectivity index (χ0v) is 14.9. The van der Waals surface area contributed by atoms with Crippen LogP contribution in [0, 0.1) is 0 Å². The Kier molecular flexibility index (Phi) is 4.68. The Hall–Kier alpha value is -2.52. The molecule has 2 N–H and O–H groups in total. The summed E-state index contributed by atoms with van der Waals surface area (Å²) in [6.45, 7) is 0. The summed E-state index contributed by atoms with van der Waals surface area (Å²) >= 11 is 0. The molecule has 0 radical (unpaired) electrons. The van der Waals surface area contributed by atoms with E-state index in [2.05, 4.69) is 0 Å². The van der Waals surface area contributed by atoms with E-state index in [0.717, 1.165) is 6.07 Å². The summed E-state index contributed by atoms with van der Waals surface area (Å²) in [7, 11) is -9.56. The highest BCUT2D eigenvalue weighted by molar-refractivity contribution is 7.87. The molecule has 8 heteroatoms. The number of hydrogen-bond acceptors (Lipinski definition) is 4. The maximum Gasteiger partial charge on any atom is 0.295 e. The van der Waals surface area contributed by atoms with Gasteiger partial charge >= 0.3 is 0 Å². The van der Waals surface area contributed by atoms with Crippen LogP contribution in [0.5, 0.6) is 0 Å². The van der Waals surface area contributed by atoms with E-state index in [4.69, 9.17) is 0 Å². The van der Waals surface area contributed by atoms with Gasteiger partial charge < -0.3 is 0 Å². The molecule has 3 aromatic carbocycles. The van der Waals surface area contributed by atoms with Crippen LogP contribution in [0.15, 0.2) is 82.6 Å².